The molecule has 3 N–H and O–H groups in total. The van der Waals surface area contributed by atoms with Crippen molar-refractivity contribution in [2.45, 2.75) is 44.4 Å². The van der Waals surface area contributed by atoms with E-state index in [0.29, 0.717) is 25.9 Å². The fraction of sp³-hybridized carbons (Fsp3) is 0.429. The molecule has 0 unspecified atom stereocenters. The molecule has 1 heterocycles. The highest BCUT2D eigenvalue weighted by molar-refractivity contribution is 5.36. The molecule has 0 aromatic heterocycles. The Morgan fingerprint density at radius 3 is 2.27 bits per heavy atom. The number of likely N-dealkylation sites (tertiary alicyclic amines) is 1. The molecule has 1 fully saturated rings. The second-order valence-corrected chi connectivity index (χ2v) is 7.31. The summed E-state index contributed by atoms with van der Waals surface area (Å²) < 4.78 is 13.1. The number of phenolic OH excluding ortho intramolecular Hbond substituents is 1. The number of aliphatic hydroxyl groups excluding tert-OH is 1. The largest absolute Gasteiger partial charge is 0.508 e. The summed E-state index contributed by atoms with van der Waals surface area (Å²) in [4.78, 5) is 2.16. The number of aromatic hydroxyl groups is 1. The summed E-state index contributed by atoms with van der Waals surface area (Å²) in [5.41, 5.74) is 1.29. The Kier molecular flexibility index (Phi) is 5.32. The first kappa shape index (κ1) is 18.8. The third kappa shape index (κ3) is 3.75. The summed E-state index contributed by atoms with van der Waals surface area (Å²) in [6, 6.07) is 11.1. The van der Waals surface area contributed by atoms with Gasteiger partial charge in [-0.3, -0.25) is 4.90 Å². The SMILES string of the molecule is Cc1cc([C@@H](O)[C@@H](C)N2CCC(O)(c3ccc(F)cc3)CC2)ccc1O. The molecule has 3 rings (SSSR count). The van der Waals surface area contributed by atoms with Crippen molar-refractivity contribution >= 4 is 0 Å². The molecule has 0 saturated carbocycles. The van der Waals surface area contributed by atoms with E-state index in [2.05, 4.69) is 4.90 Å². The summed E-state index contributed by atoms with van der Waals surface area (Å²) in [6.45, 7) is 5.06. The molecular formula is C21H26FNO3. The first-order valence-electron chi connectivity index (χ1n) is 9.00. The number of aryl methyl sites for hydroxylation is 1. The Morgan fingerprint density at radius 1 is 1.08 bits per heavy atom. The van der Waals surface area contributed by atoms with Crippen molar-refractivity contribution in [3.8, 4) is 5.75 Å². The van der Waals surface area contributed by atoms with Gasteiger partial charge in [0.15, 0.2) is 0 Å². The number of aliphatic hydroxyl groups is 2. The quantitative estimate of drug-likeness (QED) is 0.784. The van der Waals surface area contributed by atoms with E-state index in [1.165, 1.54) is 12.1 Å². The van der Waals surface area contributed by atoms with Crippen molar-refractivity contribution in [2.24, 2.45) is 0 Å². The Morgan fingerprint density at radius 2 is 1.69 bits per heavy atom. The van der Waals surface area contributed by atoms with Gasteiger partial charge < -0.3 is 15.3 Å². The highest BCUT2D eigenvalue weighted by atomic mass is 19.1. The molecule has 2 atom stereocenters. The smallest absolute Gasteiger partial charge is 0.123 e. The zero-order valence-corrected chi connectivity index (χ0v) is 15.2. The maximum absolute atomic E-state index is 13.1. The van der Waals surface area contributed by atoms with Gasteiger partial charge in [0.25, 0.3) is 0 Å². The molecule has 26 heavy (non-hydrogen) atoms. The van der Waals surface area contributed by atoms with Crippen LogP contribution in [0.5, 0.6) is 5.75 Å². The van der Waals surface area contributed by atoms with Gasteiger partial charge in [-0.05, 0) is 67.6 Å². The zero-order chi connectivity index (χ0) is 18.9. The highest BCUT2D eigenvalue weighted by Crippen LogP contribution is 2.35. The predicted molar refractivity (Wildman–Crippen MR) is 98.4 cm³/mol. The first-order chi connectivity index (χ1) is 12.3. The van der Waals surface area contributed by atoms with Crippen LogP contribution in [-0.4, -0.2) is 39.4 Å². The third-order valence-corrected chi connectivity index (χ3v) is 5.60. The van der Waals surface area contributed by atoms with E-state index in [4.69, 9.17) is 0 Å². The zero-order valence-electron chi connectivity index (χ0n) is 15.2. The molecule has 1 saturated heterocycles. The summed E-state index contributed by atoms with van der Waals surface area (Å²) >= 11 is 0. The molecule has 2 aromatic carbocycles. The van der Waals surface area contributed by atoms with Crippen LogP contribution in [0.2, 0.25) is 0 Å². The number of nitrogens with zero attached hydrogens (tertiary/aromatic N) is 1. The lowest BCUT2D eigenvalue weighted by molar-refractivity contribution is -0.0502. The topological polar surface area (TPSA) is 63.9 Å². The summed E-state index contributed by atoms with van der Waals surface area (Å²) in [5.74, 6) is -0.0911. The summed E-state index contributed by atoms with van der Waals surface area (Å²) in [7, 11) is 0. The van der Waals surface area contributed by atoms with Gasteiger partial charge in [0.1, 0.15) is 11.6 Å². The lowest BCUT2D eigenvalue weighted by Crippen LogP contribution is -2.47. The van der Waals surface area contributed by atoms with Gasteiger partial charge >= 0.3 is 0 Å². The lowest BCUT2D eigenvalue weighted by Gasteiger charge is -2.42. The molecule has 140 valence electrons. The molecule has 4 nitrogen and oxygen atoms in total. The van der Waals surface area contributed by atoms with Crippen molar-refractivity contribution < 1.29 is 19.7 Å². The van der Waals surface area contributed by atoms with E-state index in [0.717, 1.165) is 16.7 Å². The van der Waals surface area contributed by atoms with Gasteiger partial charge in [-0.25, -0.2) is 4.39 Å². The van der Waals surface area contributed by atoms with E-state index in [1.54, 1.807) is 37.3 Å². The van der Waals surface area contributed by atoms with Gasteiger partial charge in [0, 0.05) is 19.1 Å². The van der Waals surface area contributed by atoms with Crippen molar-refractivity contribution in [2.75, 3.05) is 13.1 Å². The maximum atomic E-state index is 13.1. The van der Waals surface area contributed by atoms with Gasteiger partial charge in [0.2, 0.25) is 0 Å². The van der Waals surface area contributed by atoms with Crippen molar-refractivity contribution in [3.63, 3.8) is 0 Å². The lowest BCUT2D eigenvalue weighted by atomic mass is 9.83. The Hall–Kier alpha value is -1.95. The number of piperidine rings is 1. The molecule has 1 aliphatic rings. The van der Waals surface area contributed by atoms with Crippen LogP contribution in [0.25, 0.3) is 0 Å². The number of benzene rings is 2. The van der Waals surface area contributed by atoms with Crippen LogP contribution < -0.4 is 0 Å². The van der Waals surface area contributed by atoms with E-state index >= 15 is 0 Å². The van der Waals surface area contributed by atoms with Crippen LogP contribution in [0.15, 0.2) is 42.5 Å². The van der Waals surface area contributed by atoms with Crippen LogP contribution in [0, 0.1) is 12.7 Å². The molecule has 0 spiro atoms. The number of hydrogen-bond donors (Lipinski definition) is 3. The molecule has 0 amide bonds. The Labute approximate surface area is 153 Å². The second-order valence-electron chi connectivity index (χ2n) is 7.31. The number of halogens is 1. The molecule has 2 aromatic rings. The van der Waals surface area contributed by atoms with E-state index in [1.807, 2.05) is 6.92 Å². The van der Waals surface area contributed by atoms with E-state index in [9.17, 15) is 19.7 Å². The normalized spacial score (nSPS) is 19.9. The average Bonchev–Trinajstić information content (AvgIpc) is 2.64. The third-order valence-electron chi connectivity index (χ3n) is 5.60. The van der Waals surface area contributed by atoms with Crippen molar-refractivity contribution in [3.05, 3.63) is 65.0 Å². The average molecular weight is 359 g/mol. The van der Waals surface area contributed by atoms with Crippen molar-refractivity contribution in [1.29, 1.82) is 0 Å². The van der Waals surface area contributed by atoms with Gasteiger partial charge in [-0.15, -0.1) is 0 Å². The van der Waals surface area contributed by atoms with E-state index in [-0.39, 0.29) is 17.6 Å². The molecule has 0 radical (unpaired) electrons. The van der Waals surface area contributed by atoms with Gasteiger partial charge in [-0.1, -0.05) is 18.2 Å². The molecular weight excluding hydrogens is 333 g/mol. The minimum atomic E-state index is -0.954. The maximum Gasteiger partial charge on any atom is 0.123 e. The van der Waals surface area contributed by atoms with Crippen LogP contribution in [0.3, 0.4) is 0 Å². The van der Waals surface area contributed by atoms with Gasteiger partial charge in [-0.2, -0.15) is 0 Å². The molecule has 5 heteroatoms. The predicted octanol–water partition coefficient (Wildman–Crippen LogP) is 3.25. The fourth-order valence-electron chi connectivity index (χ4n) is 3.69. The van der Waals surface area contributed by atoms with Gasteiger partial charge in [0.05, 0.1) is 11.7 Å². The minimum Gasteiger partial charge on any atom is -0.508 e. The number of rotatable bonds is 4. The van der Waals surface area contributed by atoms with Crippen LogP contribution in [0.4, 0.5) is 4.39 Å². The second kappa shape index (κ2) is 7.35. The van der Waals surface area contributed by atoms with Crippen LogP contribution >= 0.6 is 0 Å². The molecule has 0 aliphatic carbocycles. The Balaban J connectivity index is 1.66. The summed E-state index contributed by atoms with van der Waals surface area (Å²) in [5, 5.41) is 31.3. The first-order valence-corrected chi connectivity index (χ1v) is 9.00. The standard InChI is InChI=1S/C21H26FNO3/c1-14-13-16(3-8-19(14)24)20(25)15(2)23-11-9-21(26,10-12-23)17-4-6-18(22)7-5-17/h3-8,13,15,20,24-26H,9-12H2,1-2H3/t15-,20+/m1/s1. The number of hydrogen-bond acceptors (Lipinski definition) is 4. The van der Waals surface area contributed by atoms with E-state index < -0.39 is 11.7 Å². The fourth-order valence-corrected chi connectivity index (χ4v) is 3.69. The van der Waals surface area contributed by atoms with Crippen LogP contribution in [-0.2, 0) is 5.60 Å². The summed E-state index contributed by atoms with van der Waals surface area (Å²) in [6.07, 6.45) is 0.389. The minimum absolute atomic E-state index is 0.114. The van der Waals surface area contributed by atoms with Crippen LogP contribution in [0.1, 0.15) is 42.6 Å². The Bertz CT molecular complexity index is 754. The molecule has 0 bridgehead atoms. The molecule has 1 aliphatic heterocycles. The highest BCUT2D eigenvalue weighted by Gasteiger charge is 2.36. The number of phenols is 1. The monoisotopic (exact) mass is 359 g/mol. The van der Waals surface area contributed by atoms with Crippen molar-refractivity contribution in [1.82, 2.24) is 4.90 Å².